The van der Waals surface area contributed by atoms with Crippen molar-refractivity contribution < 1.29 is 14.7 Å². The van der Waals surface area contributed by atoms with Gasteiger partial charge >= 0.3 is 12.0 Å². The lowest BCUT2D eigenvalue weighted by Gasteiger charge is -2.33. The monoisotopic (exact) mass is 215 g/mol. The summed E-state index contributed by atoms with van der Waals surface area (Å²) in [6, 6.07) is -0.284. The van der Waals surface area contributed by atoms with Crippen molar-refractivity contribution in [3.8, 4) is 0 Å². The molecule has 0 bridgehead atoms. The Morgan fingerprint density at radius 1 is 1.27 bits per heavy atom. The van der Waals surface area contributed by atoms with Gasteiger partial charge in [-0.05, 0) is 6.54 Å². The summed E-state index contributed by atoms with van der Waals surface area (Å²) in [5, 5.41) is 10.8. The summed E-state index contributed by atoms with van der Waals surface area (Å²) in [5.74, 6) is -1.02. The number of carboxylic acids is 1. The Hall–Kier alpha value is -1.30. The number of carbonyl (C=O) groups excluding carboxylic acids is 1. The molecule has 0 unspecified atom stereocenters. The maximum absolute atomic E-state index is 11.4. The van der Waals surface area contributed by atoms with E-state index in [1.165, 1.54) is 0 Å². The maximum atomic E-state index is 11.4. The number of hydrogen-bond acceptors (Lipinski definition) is 3. The van der Waals surface area contributed by atoms with E-state index in [0.717, 1.165) is 19.6 Å². The fraction of sp³-hybridized carbons (Fsp3) is 0.778. The van der Waals surface area contributed by atoms with Crippen LogP contribution in [0.25, 0.3) is 0 Å². The van der Waals surface area contributed by atoms with E-state index in [9.17, 15) is 9.59 Å². The molecule has 1 fully saturated rings. The number of hydrogen-bond donors (Lipinski definition) is 2. The highest BCUT2D eigenvalue weighted by molar-refractivity contribution is 5.80. The topological polar surface area (TPSA) is 72.9 Å². The van der Waals surface area contributed by atoms with Crippen molar-refractivity contribution >= 4 is 12.0 Å². The van der Waals surface area contributed by atoms with Crippen molar-refractivity contribution in [3.63, 3.8) is 0 Å². The van der Waals surface area contributed by atoms with Crippen LogP contribution in [0.15, 0.2) is 0 Å². The predicted octanol–water partition coefficient (Wildman–Crippen LogP) is -0.582. The molecule has 15 heavy (non-hydrogen) atoms. The van der Waals surface area contributed by atoms with Crippen LogP contribution >= 0.6 is 0 Å². The zero-order valence-electron chi connectivity index (χ0n) is 8.90. The van der Waals surface area contributed by atoms with Crippen LogP contribution in [0.5, 0.6) is 0 Å². The number of rotatable bonds is 3. The lowest BCUT2D eigenvalue weighted by Crippen LogP contribution is -2.52. The predicted molar refractivity (Wildman–Crippen MR) is 54.7 cm³/mol. The zero-order valence-corrected chi connectivity index (χ0v) is 8.90. The number of amides is 2. The third-order valence-corrected chi connectivity index (χ3v) is 2.50. The van der Waals surface area contributed by atoms with Gasteiger partial charge in [-0.3, -0.25) is 4.79 Å². The summed E-state index contributed by atoms with van der Waals surface area (Å²) in [6.07, 6.45) is 0. The molecule has 0 aromatic carbocycles. The fourth-order valence-corrected chi connectivity index (χ4v) is 1.53. The van der Waals surface area contributed by atoms with Crippen molar-refractivity contribution in [1.82, 2.24) is 15.1 Å². The van der Waals surface area contributed by atoms with Gasteiger partial charge in [-0.1, -0.05) is 6.92 Å². The first kappa shape index (κ1) is 11.8. The molecule has 0 radical (unpaired) electrons. The van der Waals surface area contributed by atoms with Crippen LogP contribution in [0.4, 0.5) is 4.79 Å². The van der Waals surface area contributed by atoms with E-state index in [-0.39, 0.29) is 12.6 Å². The summed E-state index contributed by atoms with van der Waals surface area (Å²) >= 11 is 0. The third-order valence-electron chi connectivity index (χ3n) is 2.50. The number of aliphatic carboxylic acids is 1. The number of nitrogens with one attached hydrogen (secondary N) is 1. The van der Waals surface area contributed by atoms with E-state index in [1.54, 1.807) is 4.90 Å². The average Bonchev–Trinajstić information content (AvgIpc) is 2.26. The molecule has 6 nitrogen and oxygen atoms in total. The lowest BCUT2D eigenvalue weighted by molar-refractivity contribution is -0.135. The van der Waals surface area contributed by atoms with Gasteiger partial charge in [-0.25, -0.2) is 4.79 Å². The van der Waals surface area contributed by atoms with Gasteiger partial charge in [0, 0.05) is 26.2 Å². The molecule has 86 valence electrons. The smallest absolute Gasteiger partial charge is 0.323 e. The van der Waals surface area contributed by atoms with Gasteiger partial charge in [-0.2, -0.15) is 0 Å². The van der Waals surface area contributed by atoms with E-state index >= 15 is 0 Å². The van der Waals surface area contributed by atoms with Crippen LogP contribution in [0, 0.1) is 0 Å². The SMILES string of the molecule is CCN1CCN(C(=O)NCC(=O)O)CC1. The minimum Gasteiger partial charge on any atom is -0.480 e. The number of nitrogens with zero attached hydrogens (tertiary/aromatic N) is 2. The highest BCUT2D eigenvalue weighted by Gasteiger charge is 2.19. The van der Waals surface area contributed by atoms with Gasteiger partial charge in [0.15, 0.2) is 0 Å². The zero-order chi connectivity index (χ0) is 11.3. The molecule has 1 heterocycles. The highest BCUT2D eigenvalue weighted by atomic mass is 16.4. The molecule has 1 aliphatic heterocycles. The molecule has 1 aliphatic rings. The second-order valence-corrected chi connectivity index (χ2v) is 3.47. The summed E-state index contributed by atoms with van der Waals surface area (Å²) in [7, 11) is 0. The second-order valence-electron chi connectivity index (χ2n) is 3.47. The molecule has 0 aromatic heterocycles. The summed E-state index contributed by atoms with van der Waals surface area (Å²) in [5.41, 5.74) is 0. The maximum Gasteiger partial charge on any atom is 0.323 e. The summed E-state index contributed by atoms with van der Waals surface area (Å²) in [6.45, 7) is 5.81. The Bertz CT molecular complexity index is 237. The van der Waals surface area contributed by atoms with Gasteiger partial charge in [-0.15, -0.1) is 0 Å². The van der Waals surface area contributed by atoms with Gasteiger partial charge in [0.25, 0.3) is 0 Å². The molecule has 2 N–H and O–H groups in total. The van der Waals surface area contributed by atoms with Crippen molar-refractivity contribution in [2.45, 2.75) is 6.92 Å². The van der Waals surface area contributed by atoms with Crippen LogP contribution in [0.3, 0.4) is 0 Å². The summed E-state index contributed by atoms with van der Waals surface area (Å²) in [4.78, 5) is 25.6. The van der Waals surface area contributed by atoms with E-state index in [1.807, 2.05) is 0 Å². The molecule has 0 spiro atoms. The third kappa shape index (κ3) is 3.75. The van der Waals surface area contributed by atoms with Crippen LogP contribution in [-0.4, -0.2) is 66.2 Å². The molecule has 0 aromatic rings. The first-order valence-electron chi connectivity index (χ1n) is 5.10. The molecule has 6 heteroatoms. The fourth-order valence-electron chi connectivity index (χ4n) is 1.53. The van der Waals surface area contributed by atoms with Gasteiger partial charge in [0.05, 0.1) is 0 Å². The minimum absolute atomic E-state index is 0.284. The summed E-state index contributed by atoms with van der Waals surface area (Å²) < 4.78 is 0. The van der Waals surface area contributed by atoms with Crippen molar-refractivity contribution in [2.75, 3.05) is 39.3 Å². The molecule has 2 amide bonds. The molecule has 0 aliphatic carbocycles. The van der Waals surface area contributed by atoms with Crippen LogP contribution in [0.1, 0.15) is 6.92 Å². The number of carboxylic acid groups (broad SMARTS) is 1. The Labute approximate surface area is 88.8 Å². The second kappa shape index (κ2) is 5.55. The molecule has 0 saturated carbocycles. The van der Waals surface area contributed by atoms with Gasteiger partial charge < -0.3 is 20.2 Å². The molecular weight excluding hydrogens is 198 g/mol. The molecule has 1 rings (SSSR count). The minimum atomic E-state index is -1.02. The Morgan fingerprint density at radius 3 is 2.33 bits per heavy atom. The normalized spacial score (nSPS) is 17.5. The largest absolute Gasteiger partial charge is 0.480 e. The number of urea groups is 1. The highest BCUT2D eigenvalue weighted by Crippen LogP contribution is 2.00. The average molecular weight is 215 g/mol. The quantitative estimate of drug-likeness (QED) is 0.660. The van der Waals surface area contributed by atoms with Gasteiger partial charge in [0.2, 0.25) is 0 Å². The van der Waals surface area contributed by atoms with Crippen molar-refractivity contribution in [2.24, 2.45) is 0 Å². The molecular formula is C9H17N3O3. The van der Waals surface area contributed by atoms with E-state index < -0.39 is 5.97 Å². The lowest BCUT2D eigenvalue weighted by atomic mass is 10.3. The molecule has 1 saturated heterocycles. The van der Waals surface area contributed by atoms with Crippen LogP contribution in [-0.2, 0) is 4.79 Å². The Morgan fingerprint density at radius 2 is 1.87 bits per heavy atom. The first-order chi connectivity index (χ1) is 7.13. The number of carbonyl (C=O) groups is 2. The van der Waals surface area contributed by atoms with E-state index in [4.69, 9.17) is 5.11 Å². The van der Waals surface area contributed by atoms with E-state index in [0.29, 0.717) is 13.1 Å². The number of likely N-dealkylation sites (N-methyl/N-ethyl adjacent to an activating group) is 1. The van der Waals surface area contributed by atoms with Crippen LogP contribution < -0.4 is 5.32 Å². The van der Waals surface area contributed by atoms with Crippen molar-refractivity contribution in [1.29, 1.82) is 0 Å². The Balaban J connectivity index is 2.27. The molecule has 0 atom stereocenters. The Kier molecular flexibility index (Phi) is 4.36. The van der Waals surface area contributed by atoms with Crippen LogP contribution in [0.2, 0.25) is 0 Å². The van der Waals surface area contributed by atoms with Crippen molar-refractivity contribution in [3.05, 3.63) is 0 Å². The number of piperazine rings is 1. The van der Waals surface area contributed by atoms with Gasteiger partial charge in [0.1, 0.15) is 6.54 Å². The van der Waals surface area contributed by atoms with E-state index in [2.05, 4.69) is 17.1 Å². The first-order valence-corrected chi connectivity index (χ1v) is 5.10. The standard InChI is InChI=1S/C9H17N3O3/c1-2-11-3-5-12(6-4-11)9(15)10-7-8(13)14/h2-7H2,1H3,(H,10,15)(H,13,14).